The van der Waals surface area contributed by atoms with E-state index in [0.29, 0.717) is 0 Å². The molecule has 0 saturated carbocycles. The number of likely N-dealkylation sites (N-methyl/N-ethyl adjacent to an activating group) is 1. The lowest BCUT2D eigenvalue weighted by Gasteiger charge is -2.20. The van der Waals surface area contributed by atoms with Crippen LogP contribution in [-0.2, 0) is 19.6 Å². The molecule has 0 bridgehead atoms. The Morgan fingerprint density at radius 3 is 2.37 bits per heavy atom. The van der Waals surface area contributed by atoms with Gasteiger partial charge in [0.1, 0.15) is 12.4 Å². The van der Waals surface area contributed by atoms with Gasteiger partial charge in [0, 0.05) is 20.0 Å². The maximum Gasteiger partial charge on any atom is 0.302 e. The van der Waals surface area contributed by atoms with Gasteiger partial charge in [0.2, 0.25) is 10.0 Å². The standard InChI is InChI=1S/C12H17NO5S/c1-3-13(8-9-18-10(2)14)19(16,17)12-6-4-11(15)5-7-12/h4-7,15H,3,8-9H2,1-2H3. The first-order valence-corrected chi connectivity index (χ1v) is 7.24. The van der Waals surface area contributed by atoms with E-state index >= 15 is 0 Å². The van der Waals surface area contributed by atoms with Crippen molar-refractivity contribution in [3.8, 4) is 5.75 Å². The topological polar surface area (TPSA) is 83.9 Å². The smallest absolute Gasteiger partial charge is 0.302 e. The minimum Gasteiger partial charge on any atom is -0.508 e. The minimum atomic E-state index is -3.63. The van der Waals surface area contributed by atoms with E-state index in [2.05, 4.69) is 0 Å². The van der Waals surface area contributed by atoms with Crippen molar-refractivity contribution in [1.82, 2.24) is 4.31 Å². The molecule has 0 saturated heterocycles. The zero-order chi connectivity index (χ0) is 14.5. The third-order valence-electron chi connectivity index (χ3n) is 2.47. The van der Waals surface area contributed by atoms with E-state index in [1.54, 1.807) is 6.92 Å². The summed E-state index contributed by atoms with van der Waals surface area (Å²) in [5.41, 5.74) is 0. The van der Waals surface area contributed by atoms with Gasteiger partial charge < -0.3 is 9.84 Å². The Bertz CT molecular complexity index is 524. The zero-order valence-electron chi connectivity index (χ0n) is 10.9. The molecule has 1 aromatic rings. The van der Waals surface area contributed by atoms with Crippen molar-refractivity contribution in [3.63, 3.8) is 0 Å². The van der Waals surface area contributed by atoms with Gasteiger partial charge in [-0.05, 0) is 24.3 Å². The minimum absolute atomic E-state index is 0.00177. The molecule has 1 aromatic carbocycles. The Hall–Kier alpha value is -1.60. The average molecular weight is 287 g/mol. The molecule has 0 aliphatic carbocycles. The molecular formula is C12H17NO5S. The Kier molecular flexibility index (Phi) is 5.31. The predicted molar refractivity (Wildman–Crippen MR) is 69.2 cm³/mol. The maximum atomic E-state index is 12.3. The van der Waals surface area contributed by atoms with Crippen LogP contribution < -0.4 is 0 Å². The zero-order valence-corrected chi connectivity index (χ0v) is 11.7. The van der Waals surface area contributed by atoms with Gasteiger partial charge in [-0.25, -0.2) is 8.42 Å². The molecule has 0 aliphatic heterocycles. The number of carbonyl (C=O) groups is 1. The second-order valence-electron chi connectivity index (χ2n) is 3.83. The highest BCUT2D eigenvalue weighted by molar-refractivity contribution is 7.89. The van der Waals surface area contributed by atoms with Crippen molar-refractivity contribution in [3.05, 3.63) is 24.3 Å². The first-order valence-electron chi connectivity index (χ1n) is 5.80. The molecule has 7 heteroatoms. The number of hydrogen-bond acceptors (Lipinski definition) is 5. The molecule has 19 heavy (non-hydrogen) atoms. The highest BCUT2D eigenvalue weighted by Crippen LogP contribution is 2.18. The van der Waals surface area contributed by atoms with E-state index in [1.807, 2.05) is 0 Å². The van der Waals surface area contributed by atoms with E-state index in [9.17, 15) is 13.2 Å². The van der Waals surface area contributed by atoms with Gasteiger partial charge in [-0.15, -0.1) is 0 Å². The average Bonchev–Trinajstić information content (AvgIpc) is 2.34. The summed E-state index contributed by atoms with van der Waals surface area (Å²) in [7, 11) is -3.63. The van der Waals surface area contributed by atoms with Crippen molar-refractivity contribution in [2.24, 2.45) is 0 Å². The molecule has 0 amide bonds. The van der Waals surface area contributed by atoms with E-state index in [0.717, 1.165) is 0 Å². The second-order valence-corrected chi connectivity index (χ2v) is 5.77. The van der Waals surface area contributed by atoms with Gasteiger partial charge in [0.15, 0.2) is 0 Å². The third kappa shape index (κ3) is 4.22. The number of esters is 1. The normalized spacial score (nSPS) is 11.5. The predicted octanol–water partition coefficient (Wildman–Crippen LogP) is 0.966. The summed E-state index contributed by atoms with van der Waals surface area (Å²) in [6.45, 7) is 3.35. The molecule has 0 spiro atoms. The van der Waals surface area contributed by atoms with Crippen molar-refractivity contribution < 1.29 is 23.1 Å². The van der Waals surface area contributed by atoms with Crippen LogP contribution in [0.25, 0.3) is 0 Å². The summed E-state index contributed by atoms with van der Waals surface area (Å²) in [6, 6.07) is 5.29. The SMILES string of the molecule is CCN(CCOC(C)=O)S(=O)(=O)c1ccc(O)cc1. The Morgan fingerprint density at radius 2 is 1.89 bits per heavy atom. The van der Waals surface area contributed by atoms with Crippen LogP contribution in [0, 0.1) is 0 Å². The number of carbonyl (C=O) groups excluding carboxylic acids is 1. The number of rotatable bonds is 6. The van der Waals surface area contributed by atoms with Gasteiger partial charge in [0.25, 0.3) is 0 Å². The number of phenols is 1. The first-order chi connectivity index (χ1) is 8.87. The summed E-state index contributed by atoms with van der Waals surface area (Å²) < 4.78 is 30.5. The monoisotopic (exact) mass is 287 g/mol. The molecule has 0 unspecified atom stereocenters. The van der Waals surface area contributed by atoms with Crippen molar-refractivity contribution >= 4 is 16.0 Å². The summed E-state index contributed by atoms with van der Waals surface area (Å²) >= 11 is 0. The van der Waals surface area contributed by atoms with Gasteiger partial charge in [-0.3, -0.25) is 4.79 Å². The third-order valence-corrected chi connectivity index (χ3v) is 4.46. The fourth-order valence-corrected chi connectivity index (χ4v) is 2.94. The number of ether oxygens (including phenoxy) is 1. The lowest BCUT2D eigenvalue weighted by atomic mass is 10.3. The summed E-state index contributed by atoms with van der Waals surface area (Å²) in [5.74, 6) is -0.444. The van der Waals surface area contributed by atoms with Crippen LogP contribution in [0.1, 0.15) is 13.8 Å². The quantitative estimate of drug-likeness (QED) is 0.788. The maximum absolute atomic E-state index is 12.3. The molecule has 0 aromatic heterocycles. The number of hydrogen-bond donors (Lipinski definition) is 1. The molecule has 0 radical (unpaired) electrons. The van der Waals surface area contributed by atoms with Crippen molar-refractivity contribution in [2.75, 3.05) is 19.7 Å². The highest BCUT2D eigenvalue weighted by atomic mass is 32.2. The summed E-state index contributed by atoms with van der Waals surface area (Å²) in [6.07, 6.45) is 0. The molecule has 1 rings (SSSR count). The lowest BCUT2D eigenvalue weighted by molar-refractivity contribution is -0.141. The van der Waals surface area contributed by atoms with Gasteiger partial charge >= 0.3 is 5.97 Å². The fraction of sp³-hybridized carbons (Fsp3) is 0.417. The van der Waals surface area contributed by atoms with Crippen LogP contribution in [0.15, 0.2) is 29.2 Å². The Balaban J connectivity index is 2.83. The molecule has 6 nitrogen and oxygen atoms in total. The van der Waals surface area contributed by atoms with Crippen molar-refractivity contribution in [2.45, 2.75) is 18.7 Å². The Labute approximate surface area is 112 Å². The van der Waals surface area contributed by atoms with Crippen LogP contribution in [-0.4, -0.2) is 43.5 Å². The van der Waals surface area contributed by atoms with E-state index < -0.39 is 16.0 Å². The number of benzene rings is 1. The molecular weight excluding hydrogens is 270 g/mol. The second kappa shape index (κ2) is 6.53. The molecule has 0 aliphatic rings. The van der Waals surface area contributed by atoms with Crippen LogP contribution in [0.3, 0.4) is 0 Å². The highest BCUT2D eigenvalue weighted by Gasteiger charge is 2.22. The van der Waals surface area contributed by atoms with E-state index in [1.165, 1.54) is 35.5 Å². The van der Waals surface area contributed by atoms with Crippen LogP contribution in [0.5, 0.6) is 5.75 Å². The fourth-order valence-electron chi connectivity index (χ4n) is 1.51. The van der Waals surface area contributed by atoms with Gasteiger partial charge in [0.05, 0.1) is 4.90 Å². The van der Waals surface area contributed by atoms with Crippen molar-refractivity contribution in [1.29, 1.82) is 0 Å². The first kappa shape index (κ1) is 15.5. The Morgan fingerprint density at radius 1 is 1.32 bits per heavy atom. The largest absolute Gasteiger partial charge is 0.508 e. The van der Waals surface area contributed by atoms with E-state index in [4.69, 9.17) is 9.84 Å². The lowest BCUT2D eigenvalue weighted by Crippen LogP contribution is -2.34. The van der Waals surface area contributed by atoms with E-state index in [-0.39, 0.29) is 30.3 Å². The molecule has 106 valence electrons. The molecule has 0 heterocycles. The van der Waals surface area contributed by atoms with Crippen LogP contribution in [0.4, 0.5) is 0 Å². The molecule has 1 N–H and O–H groups in total. The van der Waals surface area contributed by atoms with Crippen LogP contribution >= 0.6 is 0 Å². The van der Waals surface area contributed by atoms with Gasteiger partial charge in [-0.2, -0.15) is 4.31 Å². The number of sulfonamides is 1. The molecule has 0 fully saturated rings. The summed E-state index contributed by atoms with van der Waals surface area (Å²) in [4.78, 5) is 10.7. The number of nitrogens with zero attached hydrogens (tertiary/aromatic N) is 1. The number of phenolic OH excluding ortho intramolecular Hbond substituents is 1. The summed E-state index contributed by atoms with van der Waals surface area (Å²) in [5, 5.41) is 9.15. The van der Waals surface area contributed by atoms with Crippen LogP contribution in [0.2, 0.25) is 0 Å². The van der Waals surface area contributed by atoms with Gasteiger partial charge in [-0.1, -0.05) is 6.92 Å². The number of aromatic hydroxyl groups is 1. The molecule has 0 atom stereocenters.